The summed E-state index contributed by atoms with van der Waals surface area (Å²) in [6.07, 6.45) is 5.09. The summed E-state index contributed by atoms with van der Waals surface area (Å²) in [4.78, 5) is 17.2. The third kappa shape index (κ3) is 5.09. The Labute approximate surface area is 166 Å². The van der Waals surface area contributed by atoms with E-state index in [1.54, 1.807) is 10.9 Å². The van der Waals surface area contributed by atoms with Crippen LogP contribution in [0.2, 0.25) is 0 Å². The summed E-state index contributed by atoms with van der Waals surface area (Å²) in [7, 11) is 0. The van der Waals surface area contributed by atoms with E-state index in [1.807, 2.05) is 37.4 Å². The second-order valence-electron chi connectivity index (χ2n) is 6.08. The van der Waals surface area contributed by atoms with Gasteiger partial charge in [0.25, 0.3) is 0 Å². The van der Waals surface area contributed by atoms with Crippen molar-refractivity contribution in [1.29, 1.82) is 0 Å². The van der Waals surface area contributed by atoms with Gasteiger partial charge in [0, 0.05) is 31.2 Å². The minimum atomic E-state index is -0.587. The molecular weight excluding hydrogens is 375 g/mol. The first-order valence-electron chi connectivity index (χ1n) is 8.37. The summed E-state index contributed by atoms with van der Waals surface area (Å²) in [5.74, 6) is 0.861. The molecule has 26 heavy (non-hydrogen) atoms. The van der Waals surface area contributed by atoms with Gasteiger partial charge in [-0.3, -0.25) is 9.48 Å². The minimum absolute atomic E-state index is 0. The number of anilines is 1. The predicted octanol–water partition coefficient (Wildman–Crippen LogP) is 1.74. The zero-order valence-corrected chi connectivity index (χ0v) is 16.4. The fourth-order valence-electron chi connectivity index (χ4n) is 3.10. The van der Waals surface area contributed by atoms with Gasteiger partial charge in [0.05, 0.1) is 0 Å². The van der Waals surface area contributed by atoms with Gasteiger partial charge in [0.2, 0.25) is 5.91 Å². The van der Waals surface area contributed by atoms with E-state index in [1.165, 1.54) is 0 Å². The van der Waals surface area contributed by atoms with Crippen molar-refractivity contribution < 1.29 is 4.79 Å². The van der Waals surface area contributed by atoms with Gasteiger partial charge in [-0.25, -0.2) is 4.98 Å². The van der Waals surface area contributed by atoms with Crippen molar-refractivity contribution in [1.82, 2.24) is 25.4 Å². The van der Waals surface area contributed by atoms with Crippen LogP contribution in [0.1, 0.15) is 18.5 Å². The lowest BCUT2D eigenvalue weighted by Crippen LogP contribution is -2.55. The summed E-state index contributed by atoms with van der Waals surface area (Å²) < 4.78 is 1.80. The normalized spacial score (nSPS) is 15.3. The predicted molar refractivity (Wildman–Crippen MR) is 107 cm³/mol. The maximum Gasteiger partial charge on any atom is 0.248 e. The first kappa shape index (κ1) is 22.2. The van der Waals surface area contributed by atoms with E-state index >= 15 is 0 Å². The van der Waals surface area contributed by atoms with Crippen molar-refractivity contribution in [2.24, 2.45) is 0 Å². The number of rotatable bonds is 6. The number of hydrogen-bond donors (Lipinski definition) is 3. The molecule has 144 valence electrons. The van der Waals surface area contributed by atoms with E-state index < -0.39 is 5.54 Å². The van der Waals surface area contributed by atoms with Gasteiger partial charge in [-0.2, -0.15) is 5.10 Å². The number of piperidine rings is 1. The van der Waals surface area contributed by atoms with Gasteiger partial charge in [-0.15, -0.1) is 24.8 Å². The number of pyridine rings is 1. The molecule has 0 radical (unpaired) electrons. The number of carbonyl (C=O) groups is 1. The first-order chi connectivity index (χ1) is 11.7. The number of hydrogen-bond acceptors (Lipinski definition) is 5. The quantitative estimate of drug-likeness (QED) is 0.643. The molecule has 3 heterocycles. The molecule has 0 saturated carbocycles. The smallest absolute Gasteiger partial charge is 0.248 e. The molecule has 0 aromatic carbocycles. The Bertz CT molecular complexity index is 674. The molecule has 3 N–H and O–H groups in total. The molecule has 9 heteroatoms. The van der Waals surface area contributed by atoms with E-state index in [0.29, 0.717) is 13.1 Å². The number of carbonyl (C=O) groups excluding carboxylic acids is 1. The fraction of sp³-hybridized carbons (Fsp3) is 0.471. The highest BCUT2D eigenvalue weighted by atomic mass is 35.5. The highest BCUT2D eigenvalue weighted by Crippen LogP contribution is 2.27. The van der Waals surface area contributed by atoms with Crippen LogP contribution in [0.5, 0.6) is 0 Å². The van der Waals surface area contributed by atoms with E-state index in [0.717, 1.165) is 37.4 Å². The van der Waals surface area contributed by atoms with Crippen LogP contribution in [0.3, 0.4) is 0 Å². The molecule has 2 aromatic heterocycles. The number of halogens is 2. The van der Waals surface area contributed by atoms with Crippen LogP contribution in [0.15, 0.2) is 36.7 Å². The standard InChI is InChI=1S/C17H24N6O.2ClH/c1-14-4-2-5-15(22-14)19-11-12-20-16(24)17(6-9-18-10-7-17)23-13-3-8-21-23;;/h2-5,8,13,18H,6-7,9-12H2,1H3,(H,19,22)(H,20,24);2*1H. The van der Waals surface area contributed by atoms with Crippen LogP contribution in [0.25, 0.3) is 0 Å². The number of nitrogens with one attached hydrogen (secondary N) is 3. The lowest BCUT2D eigenvalue weighted by Gasteiger charge is -2.36. The average molecular weight is 401 g/mol. The van der Waals surface area contributed by atoms with Crippen molar-refractivity contribution in [3.05, 3.63) is 42.4 Å². The van der Waals surface area contributed by atoms with Gasteiger partial charge in [-0.1, -0.05) is 6.07 Å². The summed E-state index contributed by atoms with van der Waals surface area (Å²) in [5, 5.41) is 13.9. The van der Waals surface area contributed by atoms with E-state index in [9.17, 15) is 4.79 Å². The Morgan fingerprint density at radius 2 is 2.00 bits per heavy atom. The van der Waals surface area contributed by atoms with E-state index in [4.69, 9.17) is 0 Å². The Balaban J connectivity index is 0.00000169. The molecule has 2 aromatic rings. The SMILES string of the molecule is Cc1cccc(NCCNC(=O)C2(n3cccn3)CCNCC2)n1.Cl.Cl. The average Bonchev–Trinajstić information content (AvgIpc) is 3.14. The summed E-state index contributed by atoms with van der Waals surface area (Å²) >= 11 is 0. The first-order valence-corrected chi connectivity index (χ1v) is 8.37. The third-order valence-corrected chi connectivity index (χ3v) is 4.40. The third-order valence-electron chi connectivity index (χ3n) is 4.40. The molecule has 1 aliphatic heterocycles. The molecule has 0 bridgehead atoms. The van der Waals surface area contributed by atoms with Crippen molar-refractivity contribution in [2.45, 2.75) is 25.3 Å². The monoisotopic (exact) mass is 400 g/mol. The summed E-state index contributed by atoms with van der Waals surface area (Å²) in [5.41, 5.74) is 0.382. The van der Waals surface area contributed by atoms with Crippen LogP contribution >= 0.6 is 24.8 Å². The highest BCUT2D eigenvalue weighted by Gasteiger charge is 2.41. The number of aromatic nitrogens is 3. The fourth-order valence-corrected chi connectivity index (χ4v) is 3.10. The van der Waals surface area contributed by atoms with Crippen molar-refractivity contribution in [3.8, 4) is 0 Å². The van der Waals surface area contributed by atoms with Crippen molar-refractivity contribution in [3.63, 3.8) is 0 Å². The maximum atomic E-state index is 12.8. The van der Waals surface area contributed by atoms with Crippen molar-refractivity contribution >= 4 is 36.5 Å². The molecule has 0 unspecified atom stereocenters. The molecule has 1 aliphatic rings. The molecule has 3 rings (SSSR count). The number of aryl methyl sites for hydroxylation is 1. The number of nitrogens with zero attached hydrogens (tertiary/aromatic N) is 3. The lowest BCUT2D eigenvalue weighted by molar-refractivity contribution is -0.131. The van der Waals surface area contributed by atoms with Crippen molar-refractivity contribution in [2.75, 3.05) is 31.5 Å². The molecule has 0 spiro atoms. The second-order valence-corrected chi connectivity index (χ2v) is 6.08. The van der Waals surface area contributed by atoms with Gasteiger partial charge in [0.15, 0.2) is 0 Å². The lowest BCUT2D eigenvalue weighted by atomic mass is 9.87. The minimum Gasteiger partial charge on any atom is -0.368 e. The molecule has 0 atom stereocenters. The van der Waals surface area contributed by atoms with E-state index in [-0.39, 0.29) is 30.7 Å². The van der Waals surface area contributed by atoms with Crippen LogP contribution in [-0.2, 0) is 10.3 Å². The van der Waals surface area contributed by atoms with Crippen LogP contribution in [0.4, 0.5) is 5.82 Å². The molecule has 1 saturated heterocycles. The number of amides is 1. The maximum absolute atomic E-state index is 12.8. The topological polar surface area (TPSA) is 83.9 Å². The second kappa shape index (κ2) is 10.4. The zero-order chi connectivity index (χ0) is 16.8. The molecular formula is C17H26Cl2N6O. The molecule has 7 nitrogen and oxygen atoms in total. The molecule has 1 fully saturated rings. The van der Waals surface area contributed by atoms with Crippen LogP contribution < -0.4 is 16.0 Å². The van der Waals surface area contributed by atoms with E-state index in [2.05, 4.69) is 26.0 Å². The van der Waals surface area contributed by atoms with Gasteiger partial charge in [0.1, 0.15) is 11.4 Å². The molecule has 0 aliphatic carbocycles. The highest BCUT2D eigenvalue weighted by molar-refractivity contribution is 5.85. The summed E-state index contributed by atoms with van der Waals surface area (Å²) in [6, 6.07) is 7.71. The Morgan fingerprint density at radius 1 is 1.23 bits per heavy atom. The van der Waals surface area contributed by atoms with Gasteiger partial charge < -0.3 is 16.0 Å². The zero-order valence-electron chi connectivity index (χ0n) is 14.8. The summed E-state index contributed by atoms with van der Waals surface area (Å²) in [6.45, 7) is 4.77. The van der Waals surface area contributed by atoms with Crippen LogP contribution in [0, 0.1) is 6.92 Å². The Hall–Kier alpha value is -1.83. The largest absolute Gasteiger partial charge is 0.368 e. The Morgan fingerprint density at radius 3 is 2.65 bits per heavy atom. The van der Waals surface area contributed by atoms with Gasteiger partial charge in [-0.05, 0) is 51.1 Å². The molecule has 1 amide bonds. The van der Waals surface area contributed by atoms with Crippen LogP contribution in [-0.4, -0.2) is 46.9 Å². The van der Waals surface area contributed by atoms with Gasteiger partial charge >= 0.3 is 0 Å². The Kier molecular flexibility index (Phi) is 8.84.